The summed E-state index contributed by atoms with van der Waals surface area (Å²) >= 11 is 13.2. The van der Waals surface area contributed by atoms with Crippen LogP contribution in [0.4, 0.5) is 0 Å². The van der Waals surface area contributed by atoms with Crippen LogP contribution in [-0.2, 0) is 26.4 Å². The Kier molecular flexibility index (Phi) is 6.35. The molecule has 0 aliphatic heterocycles. The number of hydrogen-bond donors (Lipinski definition) is 0. The van der Waals surface area contributed by atoms with E-state index in [0.717, 1.165) is 21.5 Å². The molecule has 0 aliphatic rings. The Bertz CT molecular complexity index is 998. The number of hydrogen-bond acceptors (Lipinski definition) is 5. The van der Waals surface area contributed by atoms with Gasteiger partial charge in [0.1, 0.15) is 4.90 Å². The molecule has 25 heavy (non-hydrogen) atoms. The van der Waals surface area contributed by atoms with E-state index in [4.69, 9.17) is 23.2 Å². The molecule has 0 bridgehead atoms. The average Bonchev–Trinajstić information content (AvgIpc) is 2.91. The van der Waals surface area contributed by atoms with Gasteiger partial charge in [-0.3, -0.25) is 0 Å². The number of sulfone groups is 1. The van der Waals surface area contributed by atoms with Crippen LogP contribution in [0.2, 0.25) is 9.36 Å². The standard InChI is InChI=1S/C15H15Cl2NO4S3/c1-3-8-18(10-11-4-7-15(17)23-11)25(21,22)14-9-12(24(2,19)20)5-6-13(14)16/h3-7,9H,1,8,10H2,2H3. The summed E-state index contributed by atoms with van der Waals surface area (Å²) in [5.41, 5.74) is 0. The van der Waals surface area contributed by atoms with Gasteiger partial charge in [0.05, 0.1) is 14.3 Å². The normalized spacial score (nSPS) is 12.5. The van der Waals surface area contributed by atoms with Crippen LogP contribution in [-0.4, -0.2) is 33.9 Å². The summed E-state index contributed by atoms with van der Waals surface area (Å²) < 4.78 is 51.2. The predicted molar refractivity (Wildman–Crippen MR) is 102 cm³/mol. The summed E-state index contributed by atoms with van der Waals surface area (Å²) in [5.74, 6) is 0. The first-order valence-corrected chi connectivity index (χ1v) is 11.8. The van der Waals surface area contributed by atoms with E-state index in [0.29, 0.717) is 4.34 Å². The maximum absolute atomic E-state index is 13.0. The van der Waals surface area contributed by atoms with E-state index in [1.807, 2.05) is 0 Å². The Balaban J connectivity index is 2.51. The van der Waals surface area contributed by atoms with Gasteiger partial charge in [0.25, 0.3) is 0 Å². The quantitative estimate of drug-likeness (QED) is 0.614. The second-order valence-electron chi connectivity index (χ2n) is 5.16. The summed E-state index contributed by atoms with van der Waals surface area (Å²) in [6, 6.07) is 7.02. The molecule has 5 nitrogen and oxygen atoms in total. The summed E-state index contributed by atoms with van der Waals surface area (Å²) in [4.78, 5) is 0.362. The van der Waals surface area contributed by atoms with Crippen LogP contribution in [0.15, 0.2) is 52.8 Å². The van der Waals surface area contributed by atoms with Gasteiger partial charge in [0.15, 0.2) is 9.84 Å². The van der Waals surface area contributed by atoms with Gasteiger partial charge in [-0.15, -0.1) is 17.9 Å². The van der Waals surface area contributed by atoms with Gasteiger partial charge in [0.2, 0.25) is 10.0 Å². The smallest absolute Gasteiger partial charge is 0.224 e. The molecule has 1 heterocycles. The van der Waals surface area contributed by atoms with Crippen LogP contribution in [0.1, 0.15) is 4.88 Å². The molecule has 0 spiro atoms. The number of nitrogens with zero attached hydrogens (tertiary/aromatic N) is 1. The van der Waals surface area contributed by atoms with E-state index in [2.05, 4.69) is 6.58 Å². The fourth-order valence-corrected chi connectivity index (χ4v) is 5.85. The molecule has 1 aromatic heterocycles. The number of sulfonamides is 1. The van der Waals surface area contributed by atoms with Crippen LogP contribution in [0, 0.1) is 0 Å². The van der Waals surface area contributed by atoms with Gasteiger partial charge in [-0.1, -0.05) is 29.3 Å². The third kappa shape index (κ3) is 4.84. The first kappa shape index (κ1) is 20.4. The second-order valence-corrected chi connectivity index (χ2v) is 11.3. The van der Waals surface area contributed by atoms with Crippen molar-refractivity contribution in [3.8, 4) is 0 Å². The van der Waals surface area contributed by atoms with E-state index in [9.17, 15) is 16.8 Å². The first-order chi connectivity index (χ1) is 11.6. The highest BCUT2D eigenvalue weighted by Crippen LogP contribution is 2.30. The topological polar surface area (TPSA) is 71.5 Å². The molecule has 0 N–H and O–H groups in total. The molecule has 136 valence electrons. The monoisotopic (exact) mass is 439 g/mol. The van der Waals surface area contributed by atoms with Gasteiger partial charge in [-0.05, 0) is 30.3 Å². The second kappa shape index (κ2) is 7.77. The van der Waals surface area contributed by atoms with Crippen molar-refractivity contribution >= 4 is 54.4 Å². The average molecular weight is 440 g/mol. The molecule has 0 amide bonds. The van der Waals surface area contributed by atoms with Crippen molar-refractivity contribution < 1.29 is 16.8 Å². The van der Waals surface area contributed by atoms with Crippen molar-refractivity contribution in [3.05, 3.63) is 57.2 Å². The van der Waals surface area contributed by atoms with E-state index < -0.39 is 19.9 Å². The molecule has 0 atom stereocenters. The Morgan fingerprint density at radius 3 is 2.36 bits per heavy atom. The number of rotatable bonds is 7. The Morgan fingerprint density at radius 1 is 1.16 bits per heavy atom. The molecular weight excluding hydrogens is 425 g/mol. The van der Waals surface area contributed by atoms with Gasteiger partial charge in [-0.2, -0.15) is 4.31 Å². The molecule has 2 aromatic rings. The largest absolute Gasteiger partial charge is 0.245 e. The molecule has 0 unspecified atom stereocenters. The van der Waals surface area contributed by atoms with Gasteiger partial charge >= 0.3 is 0 Å². The fourth-order valence-electron chi connectivity index (χ4n) is 2.05. The van der Waals surface area contributed by atoms with Crippen molar-refractivity contribution in [2.75, 3.05) is 12.8 Å². The lowest BCUT2D eigenvalue weighted by atomic mass is 10.4. The molecule has 0 aliphatic carbocycles. The van der Waals surface area contributed by atoms with E-state index >= 15 is 0 Å². The first-order valence-electron chi connectivity index (χ1n) is 6.90. The third-order valence-corrected chi connectivity index (χ3v) is 7.86. The predicted octanol–water partition coefficient (Wildman–Crippen LogP) is 3.84. The highest BCUT2D eigenvalue weighted by atomic mass is 35.5. The lowest BCUT2D eigenvalue weighted by molar-refractivity contribution is 0.441. The lowest BCUT2D eigenvalue weighted by Crippen LogP contribution is -2.31. The van der Waals surface area contributed by atoms with E-state index in [1.54, 1.807) is 12.1 Å². The summed E-state index contributed by atoms with van der Waals surface area (Å²) in [7, 11) is -7.61. The SMILES string of the molecule is C=CCN(Cc1ccc(Cl)s1)S(=O)(=O)c1cc(S(C)(=O)=O)ccc1Cl. The summed E-state index contributed by atoms with van der Waals surface area (Å²) in [6.45, 7) is 3.69. The number of thiophene rings is 1. The molecule has 0 saturated heterocycles. The van der Waals surface area contributed by atoms with Crippen LogP contribution in [0.5, 0.6) is 0 Å². The van der Waals surface area contributed by atoms with Crippen molar-refractivity contribution in [2.24, 2.45) is 0 Å². The van der Waals surface area contributed by atoms with E-state index in [-0.39, 0.29) is 27.9 Å². The maximum atomic E-state index is 13.0. The van der Waals surface area contributed by atoms with Crippen molar-refractivity contribution in [1.82, 2.24) is 4.31 Å². The zero-order chi connectivity index (χ0) is 18.8. The number of benzene rings is 1. The molecule has 2 rings (SSSR count). The molecular formula is C15H15Cl2NO4S3. The maximum Gasteiger partial charge on any atom is 0.245 e. The minimum Gasteiger partial charge on any atom is -0.224 e. The van der Waals surface area contributed by atoms with Crippen molar-refractivity contribution in [2.45, 2.75) is 16.3 Å². The highest BCUT2D eigenvalue weighted by molar-refractivity contribution is 7.91. The minimum absolute atomic E-state index is 0.0390. The van der Waals surface area contributed by atoms with Crippen LogP contribution >= 0.6 is 34.5 Å². The summed E-state index contributed by atoms with van der Waals surface area (Å²) in [6.07, 6.45) is 2.45. The van der Waals surface area contributed by atoms with Gasteiger partial charge in [-0.25, -0.2) is 16.8 Å². The third-order valence-electron chi connectivity index (χ3n) is 3.24. The van der Waals surface area contributed by atoms with Crippen LogP contribution < -0.4 is 0 Å². The van der Waals surface area contributed by atoms with Crippen LogP contribution in [0.3, 0.4) is 0 Å². The zero-order valence-electron chi connectivity index (χ0n) is 13.1. The minimum atomic E-state index is -4.04. The molecule has 1 aromatic carbocycles. The Hall–Kier alpha value is -0.900. The zero-order valence-corrected chi connectivity index (χ0v) is 17.1. The number of halogens is 2. The highest BCUT2D eigenvalue weighted by Gasteiger charge is 2.28. The molecule has 0 saturated carbocycles. The molecule has 0 radical (unpaired) electrons. The van der Waals surface area contributed by atoms with Gasteiger partial charge in [0, 0.05) is 24.2 Å². The Labute approximate surface area is 161 Å². The van der Waals surface area contributed by atoms with Crippen molar-refractivity contribution in [3.63, 3.8) is 0 Å². The Morgan fingerprint density at radius 2 is 1.84 bits per heavy atom. The van der Waals surface area contributed by atoms with Crippen LogP contribution in [0.25, 0.3) is 0 Å². The molecule has 0 fully saturated rings. The van der Waals surface area contributed by atoms with E-state index in [1.165, 1.54) is 29.5 Å². The fraction of sp³-hybridized carbons (Fsp3) is 0.200. The van der Waals surface area contributed by atoms with Gasteiger partial charge < -0.3 is 0 Å². The van der Waals surface area contributed by atoms with Crippen molar-refractivity contribution in [1.29, 1.82) is 0 Å². The summed E-state index contributed by atoms with van der Waals surface area (Å²) in [5, 5.41) is -0.0503. The molecule has 10 heteroatoms. The lowest BCUT2D eigenvalue weighted by Gasteiger charge is -2.21.